The second kappa shape index (κ2) is 13.0. The highest BCUT2D eigenvalue weighted by atomic mass is 35.5. The number of aliphatic carboxylic acids is 1. The normalized spacial score (nSPS) is 15.9. The van der Waals surface area contributed by atoms with Crippen molar-refractivity contribution < 1.29 is 28.2 Å². The van der Waals surface area contributed by atoms with Gasteiger partial charge in [0.1, 0.15) is 6.04 Å². The molecule has 2 unspecified atom stereocenters. The van der Waals surface area contributed by atoms with Crippen LogP contribution in [0.3, 0.4) is 0 Å². The van der Waals surface area contributed by atoms with E-state index in [4.69, 9.17) is 16.3 Å². The fourth-order valence-corrected chi connectivity index (χ4v) is 4.80. The zero-order chi connectivity index (χ0) is 25.4. The van der Waals surface area contributed by atoms with Gasteiger partial charge in [0.05, 0.1) is 13.2 Å². The molecule has 0 aromatic heterocycles. The second-order valence-corrected chi connectivity index (χ2v) is 9.34. The fraction of sp³-hybridized carbons (Fsp3) is 0.417. The van der Waals surface area contributed by atoms with Crippen molar-refractivity contribution in [2.24, 2.45) is 0 Å². The minimum atomic E-state index is -2.86. The third-order valence-electron chi connectivity index (χ3n) is 5.71. The van der Waals surface area contributed by atoms with Gasteiger partial charge in [0, 0.05) is 48.0 Å². The van der Waals surface area contributed by atoms with Gasteiger partial charge in [0.15, 0.2) is 0 Å². The Labute approximate surface area is 212 Å². The van der Waals surface area contributed by atoms with Gasteiger partial charge in [-0.05, 0) is 48.2 Å². The third-order valence-corrected chi connectivity index (χ3v) is 6.75. The maximum atomic E-state index is 13.0. The van der Waals surface area contributed by atoms with Crippen molar-refractivity contribution in [3.63, 3.8) is 0 Å². The topological polar surface area (TPSA) is 113 Å². The number of hydrazine groups is 1. The van der Waals surface area contributed by atoms with E-state index in [1.807, 2.05) is 24.1 Å². The number of carboxylic acids is 1. The van der Waals surface area contributed by atoms with E-state index in [0.29, 0.717) is 37.9 Å². The average molecular weight is 523 g/mol. The quantitative estimate of drug-likeness (QED) is 0.450. The largest absolute Gasteiger partial charge is 0.755 e. The van der Waals surface area contributed by atoms with Gasteiger partial charge in [-0.2, -0.15) is 0 Å². The Morgan fingerprint density at radius 2 is 1.69 bits per heavy atom. The molecule has 1 saturated heterocycles. The summed E-state index contributed by atoms with van der Waals surface area (Å²) in [6, 6.07) is 12.3. The minimum absolute atomic E-state index is 0.106. The van der Waals surface area contributed by atoms with E-state index >= 15 is 0 Å². The lowest BCUT2D eigenvalue weighted by Crippen LogP contribution is -2.52. The first kappa shape index (κ1) is 27.1. The Balaban J connectivity index is 1.75. The van der Waals surface area contributed by atoms with Gasteiger partial charge in [-0.3, -0.25) is 18.3 Å². The van der Waals surface area contributed by atoms with Gasteiger partial charge in [-0.15, -0.1) is 0 Å². The zero-order valence-corrected chi connectivity index (χ0v) is 21.0. The molecule has 0 spiro atoms. The summed E-state index contributed by atoms with van der Waals surface area (Å²) >= 11 is 3.07. The van der Waals surface area contributed by atoms with Gasteiger partial charge >= 0.3 is 5.97 Å². The summed E-state index contributed by atoms with van der Waals surface area (Å²) in [5, 5.41) is 14.0. The summed E-state index contributed by atoms with van der Waals surface area (Å²) in [7, 11) is 0. The third kappa shape index (κ3) is 7.25. The molecule has 1 heterocycles. The maximum Gasteiger partial charge on any atom is 0.327 e. The molecule has 0 bridgehead atoms. The smallest absolute Gasteiger partial charge is 0.327 e. The van der Waals surface area contributed by atoms with Gasteiger partial charge in [0.2, 0.25) is 5.91 Å². The predicted molar refractivity (Wildman–Crippen MR) is 133 cm³/mol. The van der Waals surface area contributed by atoms with E-state index in [-0.39, 0.29) is 24.4 Å². The van der Waals surface area contributed by atoms with Crippen LogP contribution in [-0.2, 0) is 25.6 Å². The molecule has 0 saturated carbocycles. The molecule has 9 nitrogen and oxygen atoms in total. The van der Waals surface area contributed by atoms with Crippen LogP contribution in [-0.4, -0.2) is 74.7 Å². The van der Waals surface area contributed by atoms with Crippen LogP contribution < -0.4 is 4.31 Å². The summed E-state index contributed by atoms with van der Waals surface area (Å²) in [6.45, 7) is 4.63. The van der Waals surface area contributed by atoms with Crippen LogP contribution in [0, 0.1) is 0 Å². The molecule has 1 fully saturated rings. The van der Waals surface area contributed by atoms with Gasteiger partial charge < -0.3 is 14.4 Å². The molecular weight excluding hydrogens is 494 g/mol. The Bertz CT molecular complexity index is 1010. The van der Waals surface area contributed by atoms with Gasteiger partial charge in [0.25, 0.3) is 0 Å². The number of nitrogens with zero attached hydrogens (tertiary/aromatic N) is 3. The zero-order valence-electron chi connectivity index (χ0n) is 19.5. The number of carboxylic acid groups (broad SMARTS) is 1. The molecule has 1 N–H and O–H groups in total. The number of morpholine rings is 1. The minimum Gasteiger partial charge on any atom is -0.755 e. The number of halogens is 1. The van der Waals surface area contributed by atoms with Crippen molar-refractivity contribution in [2.45, 2.75) is 32.2 Å². The monoisotopic (exact) mass is 522 g/mol. The number of carbonyl (C=O) groups excluding carboxylic acids is 1. The van der Waals surface area contributed by atoms with Gasteiger partial charge in [-0.1, -0.05) is 42.8 Å². The summed E-state index contributed by atoms with van der Waals surface area (Å²) in [5.41, 5.74) is 1.91. The molecule has 1 aliphatic rings. The lowest BCUT2D eigenvalue weighted by molar-refractivity contribution is -0.157. The highest BCUT2D eigenvalue weighted by Gasteiger charge is 2.30. The van der Waals surface area contributed by atoms with Crippen molar-refractivity contribution in [3.8, 4) is 11.1 Å². The molecule has 0 radical (unpaired) electrons. The number of amides is 1. The Morgan fingerprint density at radius 3 is 2.20 bits per heavy atom. The number of ether oxygens (including phenoxy) is 1. The summed E-state index contributed by atoms with van der Waals surface area (Å²) in [6.07, 6.45) is 0.471. The number of rotatable bonds is 11. The lowest BCUT2D eigenvalue weighted by atomic mass is 10.0. The van der Waals surface area contributed by atoms with Crippen molar-refractivity contribution in [1.82, 2.24) is 10.0 Å². The first-order valence-corrected chi connectivity index (χ1v) is 12.8. The molecule has 2 atom stereocenters. The van der Waals surface area contributed by atoms with Crippen LogP contribution in [0.2, 0.25) is 5.02 Å². The summed E-state index contributed by atoms with van der Waals surface area (Å²) in [5.74, 6) is -1.56. The first-order chi connectivity index (χ1) is 16.8. The molecule has 11 heteroatoms. The molecule has 2 aromatic rings. The second-order valence-electron chi connectivity index (χ2n) is 8.07. The summed E-state index contributed by atoms with van der Waals surface area (Å²) in [4.78, 5) is 25.1. The van der Waals surface area contributed by atoms with E-state index < -0.39 is 23.3 Å². The van der Waals surface area contributed by atoms with Crippen LogP contribution >= 0.6 is 11.6 Å². The lowest BCUT2D eigenvalue weighted by Gasteiger charge is -2.38. The first-order valence-electron chi connectivity index (χ1n) is 11.4. The molecule has 0 aliphatic carbocycles. The van der Waals surface area contributed by atoms with Crippen LogP contribution in [0.4, 0.5) is 5.69 Å². The van der Waals surface area contributed by atoms with Crippen LogP contribution in [0.5, 0.6) is 0 Å². The van der Waals surface area contributed by atoms with Crippen molar-refractivity contribution in [3.05, 3.63) is 53.6 Å². The van der Waals surface area contributed by atoms with E-state index in [2.05, 4.69) is 0 Å². The fourth-order valence-electron chi connectivity index (χ4n) is 3.97. The van der Waals surface area contributed by atoms with E-state index in [1.54, 1.807) is 41.4 Å². The highest BCUT2D eigenvalue weighted by Crippen LogP contribution is 2.27. The SMILES string of the molecule is CCCN(C(=O)CCC(C(=O)O)N(c1ccc(-c2ccc(Cl)cc2)cc1)S(=O)[O-])N1CCOCC1. The van der Waals surface area contributed by atoms with Crippen molar-refractivity contribution in [2.75, 3.05) is 37.2 Å². The predicted octanol–water partition coefficient (Wildman–Crippen LogP) is 3.33. The van der Waals surface area contributed by atoms with Gasteiger partial charge in [-0.25, -0.2) is 9.80 Å². The Hall–Kier alpha value is -2.50. The molecular formula is C24H29ClN3O6S-. The summed E-state index contributed by atoms with van der Waals surface area (Å²) < 4.78 is 30.3. The van der Waals surface area contributed by atoms with Crippen molar-refractivity contribution in [1.29, 1.82) is 0 Å². The van der Waals surface area contributed by atoms with Crippen LogP contribution in [0.1, 0.15) is 26.2 Å². The Morgan fingerprint density at radius 1 is 1.11 bits per heavy atom. The standard InChI is InChI=1S/C24H30ClN3O6S/c1-2-13-27(26-14-16-34-17-15-26)23(29)12-11-22(24(30)31)28(35(32)33)21-9-5-19(6-10-21)18-3-7-20(25)8-4-18/h3-10,22H,2,11-17H2,1H3,(H,30,31)(H,32,33)/p-1. The van der Waals surface area contributed by atoms with E-state index in [1.165, 1.54) is 0 Å². The molecule has 1 amide bonds. The number of benzene rings is 2. The van der Waals surface area contributed by atoms with Crippen LogP contribution in [0.15, 0.2) is 48.5 Å². The van der Waals surface area contributed by atoms with Crippen molar-refractivity contribution >= 4 is 40.4 Å². The van der Waals surface area contributed by atoms with E-state index in [9.17, 15) is 23.5 Å². The van der Waals surface area contributed by atoms with E-state index in [0.717, 1.165) is 21.9 Å². The molecule has 190 valence electrons. The maximum absolute atomic E-state index is 13.0. The molecule has 35 heavy (non-hydrogen) atoms. The molecule has 2 aromatic carbocycles. The number of hydrogen-bond donors (Lipinski definition) is 1. The average Bonchev–Trinajstić information content (AvgIpc) is 2.85. The number of anilines is 1. The number of carbonyl (C=O) groups is 2. The molecule has 3 rings (SSSR count). The highest BCUT2D eigenvalue weighted by molar-refractivity contribution is 7.80. The molecule has 1 aliphatic heterocycles. The van der Waals surface area contributed by atoms with Crippen LogP contribution in [0.25, 0.3) is 11.1 Å². The number of hydrogen-bond acceptors (Lipinski definition) is 6. The Kier molecular flexibility index (Phi) is 10.1.